The number of carbonyl (C=O) groups excluding carboxylic acids is 1. The highest BCUT2D eigenvalue weighted by atomic mass is 32.2. The van der Waals surface area contributed by atoms with Crippen molar-refractivity contribution in [2.24, 2.45) is 0 Å². The van der Waals surface area contributed by atoms with Gasteiger partial charge < -0.3 is 5.32 Å². The van der Waals surface area contributed by atoms with Crippen LogP contribution in [0.15, 0.2) is 17.8 Å². The summed E-state index contributed by atoms with van der Waals surface area (Å²) in [4.78, 5) is 24.6. The highest BCUT2D eigenvalue weighted by molar-refractivity contribution is 7.97. The number of rotatable bonds is 6. The van der Waals surface area contributed by atoms with Gasteiger partial charge in [0, 0.05) is 29.9 Å². The number of aromatic nitrogens is 3. The van der Waals surface area contributed by atoms with Crippen LogP contribution in [0.2, 0.25) is 0 Å². The first-order valence-corrected chi connectivity index (χ1v) is 8.51. The minimum atomic E-state index is -0.174. The number of nitrogens with zero attached hydrogens (tertiary/aromatic N) is 3. The molecule has 0 atom stereocenters. The highest BCUT2D eigenvalue weighted by Gasteiger charge is 2.08. The molecule has 1 amide bonds. The predicted molar refractivity (Wildman–Crippen MR) is 81.9 cm³/mol. The average Bonchev–Trinajstić information content (AvgIpc) is 2.93. The van der Waals surface area contributed by atoms with Crippen molar-refractivity contribution in [1.82, 2.24) is 20.3 Å². The summed E-state index contributed by atoms with van der Waals surface area (Å²) in [6.07, 6.45) is 5.92. The molecule has 0 aliphatic rings. The quantitative estimate of drug-likeness (QED) is 0.887. The van der Waals surface area contributed by atoms with Crippen LogP contribution in [-0.4, -0.2) is 27.1 Å². The fraction of sp³-hybridized carbons (Fsp3) is 0.385. The molecule has 7 heteroatoms. The maximum Gasteiger partial charge on any atom is 0.254 e. The van der Waals surface area contributed by atoms with Crippen LogP contribution < -0.4 is 5.32 Å². The van der Waals surface area contributed by atoms with Gasteiger partial charge in [0.05, 0.1) is 17.8 Å². The average molecular weight is 308 g/mol. The molecule has 0 radical (unpaired) electrons. The lowest BCUT2D eigenvalue weighted by Crippen LogP contribution is -2.23. The minimum absolute atomic E-state index is 0.174. The zero-order chi connectivity index (χ0) is 14.4. The van der Waals surface area contributed by atoms with E-state index in [1.165, 1.54) is 0 Å². The van der Waals surface area contributed by atoms with Crippen molar-refractivity contribution in [1.29, 1.82) is 0 Å². The van der Waals surface area contributed by atoms with Gasteiger partial charge in [-0.05, 0) is 6.26 Å². The summed E-state index contributed by atoms with van der Waals surface area (Å²) in [7, 11) is 0. The second-order valence-electron chi connectivity index (χ2n) is 4.09. The molecule has 0 aromatic carbocycles. The SMILES string of the molecule is CCc1ncc(C(=O)NCc2csc(CSC)n2)cn1. The van der Waals surface area contributed by atoms with Crippen LogP contribution in [-0.2, 0) is 18.7 Å². The van der Waals surface area contributed by atoms with Crippen molar-refractivity contribution in [2.75, 3.05) is 6.26 Å². The summed E-state index contributed by atoms with van der Waals surface area (Å²) in [5, 5.41) is 5.88. The van der Waals surface area contributed by atoms with Crippen molar-refractivity contribution in [3.63, 3.8) is 0 Å². The molecule has 0 aliphatic heterocycles. The molecule has 0 fully saturated rings. The van der Waals surface area contributed by atoms with Gasteiger partial charge in [0.15, 0.2) is 0 Å². The van der Waals surface area contributed by atoms with E-state index in [1.54, 1.807) is 35.5 Å². The Kier molecular flexibility index (Phi) is 5.49. The van der Waals surface area contributed by atoms with Gasteiger partial charge in [-0.15, -0.1) is 11.3 Å². The molecule has 0 saturated heterocycles. The molecule has 0 bridgehead atoms. The molecule has 0 saturated carbocycles. The van der Waals surface area contributed by atoms with Crippen molar-refractivity contribution < 1.29 is 4.79 Å². The first-order chi connectivity index (χ1) is 9.72. The van der Waals surface area contributed by atoms with Crippen LogP contribution in [0.4, 0.5) is 0 Å². The van der Waals surface area contributed by atoms with Crippen LogP contribution in [0, 0.1) is 0 Å². The smallest absolute Gasteiger partial charge is 0.254 e. The molecule has 0 aliphatic carbocycles. The Morgan fingerprint density at radius 1 is 1.40 bits per heavy atom. The molecule has 2 rings (SSSR count). The molecule has 2 heterocycles. The summed E-state index contributed by atoms with van der Waals surface area (Å²) in [5.41, 5.74) is 1.36. The number of amides is 1. The van der Waals surface area contributed by atoms with Gasteiger partial charge in [0.25, 0.3) is 5.91 Å². The number of hydrogen-bond donors (Lipinski definition) is 1. The number of thioether (sulfide) groups is 1. The van der Waals surface area contributed by atoms with Crippen molar-refractivity contribution in [3.8, 4) is 0 Å². The van der Waals surface area contributed by atoms with E-state index in [9.17, 15) is 4.79 Å². The fourth-order valence-corrected chi connectivity index (χ4v) is 3.06. The van der Waals surface area contributed by atoms with Gasteiger partial charge in [0.2, 0.25) is 0 Å². The third-order valence-corrected chi connectivity index (χ3v) is 4.22. The van der Waals surface area contributed by atoms with Crippen molar-refractivity contribution >= 4 is 29.0 Å². The van der Waals surface area contributed by atoms with Crippen LogP contribution >= 0.6 is 23.1 Å². The fourth-order valence-electron chi connectivity index (χ4n) is 1.55. The molecule has 2 aromatic heterocycles. The standard InChI is InChI=1S/C13H16N4OS2/c1-3-11-14-4-9(5-15-11)13(18)16-6-10-7-20-12(17-10)8-19-2/h4-5,7H,3,6,8H2,1-2H3,(H,16,18). The summed E-state index contributed by atoms with van der Waals surface area (Å²) < 4.78 is 0. The van der Waals surface area contributed by atoms with E-state index in [1.807, 2.05) is 18.6 Å². The number of carbonyl (C=O) groups is 1. The van der Waals surface area contributed by atoms with Gasteiger partial charge in [0.1, 0.15) is 10.8 Å². The Hall–Kier alpha value is -1.47. The van der Waals surface area contributed by atoms with Crippen LogP contribution in [0.1, 0.15) is 33.8 Å². The van der Waals surface area contributed by atoms with Crippen LogP contribution in [0.5, 0.6) is 0 Å². The van der Waals surface area contributed by atoms with Crippen LogP contribution in [0.3, 0.4) is 0 Å². The van der Waals surface area contributed by atoms with Gasteiger partial charge in [-0.25, -0.2) is 15.0 Å². The van der Waals surface area contributed by atoms with E-state index in [2.05, 4.69) is 20.3 Å². The summed E-state index contributed by atoms with van der Waals surface area (Å²) in [6, 6.07) is 0. The molecular formula is C13H16N4OS2. The number of nitrogens with one attached hydrogen (secondary N) is 1. The lowest BCUT2D eigenvalue weighted by molar-refractivity contribution is 0.0949. The van der Waals surface area contributed by atoms with Gasteiger partial charge in [-0.3, -0.25) is 4.79 Å². The van der Waals surface area contributed by atoms with Crippen molar-refractivity contribution in [3.05, 3.63) is 39.9 Å². The molecule has 20 heavy (non-hydrogen) atoms. The van der Waals surface area contributed by atoms with Crippen molar-refractivity contribution in [2.45, 2.75) is 25.6 Å². The zero-order valence-electron chi connectivity index (χ0n) is 11.4. The topological polar surface area (TPSA) is 67.8 Å². The van der Waals surface area contributed by atoms with E-state index in [0.717, 1.165) is 28.7 Å². The monoisotopic (exact) mass is 308 g/mol. The van der Waals surface area contributed by atoms with Gasteiger partial charge in [-0.2, -0.15) is 11.8 Å². The molecule has 106 valence electrons. The normalized spacial score (nSPS) is 10.5. The second-order valence-corrected chi connectivity index (χ2v) is 5.90. The third kappa shape index (κ3) is 4.01. The van der Waals surface area contributed by atoms with E-state index >= 15 is 0 Å². The second kappa shape index (κ2) is 7.35. The largest absolute Gasteiger partial charge is 0.346 e. The van der Waals surface area contributed by atoms with E-state index in [4.69, 9.17) is 0 Å². The summed E-state index contributed by atoms with van der Waals surface area (Å²) in [6.45, 7) is 2.41. The van der Waals surface area contributed by atoms with Gasteiger partial charge in [-0.1, -0.05) is 6.92 Å². The number of thiazole rings is 1. The van der Waals surface area contributed by atoms with E-state index in [-0.39, 0.29) is 5.91 Å². The maximum atomic E-state index is 11.9. The van der Waals surface area contributed by atoms with E-state index in [0.29, 0.717) is 12.1 Å². The minimum Gasteiger partial charge on any atom is -0.346 e. The Bertz CT molecular complexity index is 568. The lowest BCUT2D eigenvalue weighted by atomic mass is 10.3. The Balaban J connectivity index is 1.90. The molecule has 5 nitrogen and oxygen atoms in total. The first kappa shape index (κ1) is 14.9. The number of hydrogen-bond acceptors (Lipinski definition) is 6. The molecule has 0 unspecified atom stereocenters. The molecule has 1 N–H and O–H groups in total. The van der Waals surface area contributed by atoms with E-state index < -0.39 is 0 Å². The molecular weight excluding hydrogens is 292 g/mol. The molecule has 2 aromatic rings. The Morgan fingerprint density at radius 3 is 2.80 bits per heavy atom. The summed E-state index contributed by atoms with van der Waals surface area (Å²) >= 11 is 3.36. The van der Waals surface area contributed by atoms with Gasteiger partial charge >= 0.3 is 0 Å². The lowest BCUT2D eigenvalue weighted by Gasteiger charge is -2.03. The Labute approximate surface area is 126 Å². The highest BCUT2D eigenvalue weighted by Crippen LogP contribution is 2.14. The number of aryl methyl sites for hydroxylation is 1. The molecule has 0 spiro atoms. The Morgan fingerprint density at radius 2 is 2.15 bits per heavy atom. The third-order valence-electron chi connectivity index (χ3n) is 2.58. The predicted octanol–water partition coefficient (Wildman–Crippen LogP) is 2.29. The summed E-state index contributed by atoms with van der Waals surface area (Å²) in [5.74, 6) is 1.47. The maximum absolute atomic E-state index is 11.9. The zero-order valence-corrected chi connectivity index (χ0v) is 13.1. The van der Waals surface area contributed by atoms with Crippen LogP contribution in [0.25, 0.3) is 0 Å². The first-order valence-electron chi connectivity index (χ1n) is 6.24.